The normalized spacial score (nSPS) is 29.9. The predicted molar refractivity (Wildman–Crippen MR) is 95.4 cm³/mol. The van der Waals surface area contributed by atoms with Crippen molar-refractivity contribution in [3.8, 4) is 5.75 Å². The molecule has 5 heteroatoms. The van der Waals surface area contributed by atoms with Crippen LogP contribution < -0.4 is 4.74 Å². The summed E-state index contributed by atoms with van der Waals surface area (Å²) in [6.07, 6.45) is 3.17. The molecule has 0 radical (unpaired) electrons. The summed E-state index contributed by atoms with van der Waals surface area (Å²) in [4.78, 5) is 17.6. The summed E-state index contributed by atoms with van der Waals surface area (Å²) in [5.41, 5.74) is 1.00. The zero-order valence-corrected chi connectivity index (χ0v) is 15.1. The van der Waals surface area contributed by atoms with Gasteiger partial charge in [-0.3, -0.25) is 4.79 Å². The smallest absolute Gasteiger partial charge is 0.230 e. The maximum absolute atomic E-state index is 13.1. The van der Waals surface area contributed by atoms with Gasteiger partial charge in [0.2, 0.25) is 5.91 Å². The second-order valence-electron chi connectivity index (χ2n) is 7.82. The molecule has 1 spiro atoms. The third-order valence-corrected chi connectivity index (χ3v) is 6.08. The molecule has 25 heavy (non-hydrogen) atoms. The van der Waals surface area contributed by atoms with E-state index in [1.54, 1.807) is 7.11 Å². The molecule has 0 bridgehead atoms. The Bertz CT molecular complexity index is 629. The van der Waals surface area contributed by atoms with Gasteiger partial charge in [-0.1, -0.05) is 12.1 Å². The van der Waals surface area contributed by atoms with Crippen molar-refractivity contribution < 1.29 is 14.3 Å². The third kappa shape index (κ3) is 3.40. The van der Waals surface area contributed by atoms with Crippen molar-refractivity contribution in [2.75, 3.05) is 46.5 Å². The summed E-state index contributed by atoms with van der Waals surface area (Å²) >= 11 is 0. The maximum Gasteiger partial charge on any atom is 0.230 e. The molecule has 3 aliphatic rings. The number of hydrogen-bond acceptors (Lipinski definition) is 4. The van der Waals surface area contributed by atoms with Crippen LogP contribution in [0.3, 0.4) is 0 Å². The van der Waals surface area contributed by atoms with Crippen LogP contribution in [0.4, 0.5) is 0 Å². The Morgan fingerprint density at radius 3 is 3.00 bits per heavy atom. The molecule has 1 aromatic carbocycles. The van der Waals surface area contributed by atoms with Gasteiger partial charge in [-0.15, -0.1) is 0 Å². The highest BCUT2D eigenvalue weighted by atomic mass is 16.5. The van der Waals surface area contributed by atoms with Crippen LogP contribution in [0, 0.1) is 11.3 Å². The van der Waals surface area contributed by atoms with E-state index < -0.39 is 0 Å². The van der Waals surface area contributed by atoms with Crippen molar-refractivity contribution in [2.45, 2.75) is 25.8 Å². The van der Waals surface area contributed by atoms with E-state index in [0.717, 1.165) is 63.5 Å². The lowest BCUT2D eigenvalue weighted by Crippen LogP contribution is -2.37. The monoisotopic (exact) mass is 344 g/mol. The van der Waals surface area contributed by atoms with Crippen LogP contribution in [0.15, 0.2) is 24.3 Å². The molecular formula is C20H28N2O3. The summed E-state index contributed by atoms with van der Waals surface area (Å²) in [7, 11) is 1.68. The predicted octanol–water partition coefficient (Wildman–Crippen LogP) is 2.16. The first-order valence-electron chi connectivity index (χ1n) is 9.41. The number of rotatable bonds is 5. The lowest BCUT2D eigenvalue weighted by molar-refractivity contribution is -0.136. The molecule has 5 nitrogen and oxygen atoms in total. The highest BCUT2D eigenvalue weighted by Gasteiger charge is 2.50. The van der Waals surface area contributed by atoms with E-state index in [9.17, 15) is 4.79 Å². The number of ether oxygens (including phenoxy) is 2. The minimum atomic E-state index is -0.141. The molecular weight excluding hydrogens is 316 g/mol. The lowest BCUT2D eigenvalue weighted by Gasteiger charge is -2.25. The van der Waals surface area contributed by atoms with E-state index in [1.807, 2.05) is 23.1 Å². The topological polar surface area (TPSA) is 42.0 Å². The fraction of sp³-hybridized carbons (Fsp3) is 0.650. The number of nitrogens with zero attached hydrogens (tertiary/aromatic N) is 2. The van der Waals surface area contributed by atoms with Crippen molar-refractivity contribution in [1.82, 2.24) is 9.80 Å². The van der Waals surface area contributed by atoms with Gasteiger partial charge in [-0.25, -0.2) is 0 Å². The van der Waals surface area contributed by atoms with Crippen molar-refractivity contribution in [2.24, 2.45) is 11.3 Å². The Hall–Kier alpha value is -1.59. The Balaban J connectivity index is 1.37. The first-order chi connectivity index (χ1) is 12.2. The minimum Gasteiger partial charge on any atom is -0.497 e. The second-order valence-corrected chi connectivity index (χ2v) is 7.82. The van der Waals surface area contributed by atoms with Crippen molar-refractivity contribution in [3.63, 3.8) is 0 Å². The molecule has 3 heterocycles. The van der Waals surface area contributed by atoms with Crippen LogP contribution in [-0.2, 0) is 16.1 Å². The van der Waals surface area contributed by atoms with E-state index in [2.05, 4.69) is 11.0 Å². The second kappa shape index (κ2) is 6.96. The molecule has 0 unspecified atom stereocenters. The molecule has 3 fully saturated rings. The van der Waals surface area contributed by atoms with Gasteiger partial charge in [-0.05, 0) is 49.4 Å². The fourth-order valence-electron chi connectivity index (χ4n) is 4.62. The van der Waals surface area contributed by atoms with Gasteiger partial charge in [0.05, 0.1) is 19.1 Å². The molecule has 0 saturated carbocycles. The number of carbonyl (C=O) groups is 1. The Labute approximate surface area is 149 Å². The summed E-state index contributed by atoms with van der Waals surface area (Å²) in [6, 6.07) is 8.03. The maximum atomic E-state index is 13.1. The Morgan fingerprint density at radius 1 is 1.32 bits per heavy atom. The number of benzene rings is 1. The van der Waals surface area contributed by atoms with Gasteiger partial charge in [0.1, 0.15) is 5.75 Å². The molecule has 0 aromatic heterocycles. The SMILES string of the molecule is COc1cccc(CN2CC[C@]3(CCN(C[C@H]4CCOC4)C3)C2=O)c1. The van der Waals surface area contributed by atoms with Crippen molar-refractivity contribution in [1.29, 1.82) is 0 Å². The lowest BCUT2D eigenvalue weighted by atomic mass is 9.85. The van der Waals surface area contributed by atoms with Crippen LogP contribution in [0.25, 0.3) is 0 Å². The molecule has 2 atom stereocenters. The number of amides is 1. The van der Waals surface area contributed by atoms with E-state index in [4.69, 9.17) is 9.47 Å². The van der Waals surface area contributed by atoms with E-state index in [-0.39, 0.29) is 5.41 Å². The van der Waals surface area contributed by atoms with Crippen LogP contribution in [0.1, 0.15) is 24.8 Å². The fourth-order valence-corrected chi connectivity index (χ4v) is 4.62. The van der Waals surface area contributed by atoms with Crippen LogP contribution in [0.2, 0.25) is 0 Å². The van der Waals surface area contributed by atoms with Gasteiger partial charge in [0.15, 0.2) is 0 Å². The number of hydrogen-bond donors (Lipinski definition) is 0. The zero-order chi connectivity index (χ0) is 17.3. The van der Waals surface area contributed by atoms with Gasteiger partial charge in [-0.2, -0.15) is 0 Å². The van der Waals surface area contributed by atoms with Crippen molar-refractivity contribution in [3.05, 3.63) is 29.8 Å². The van der Waals surface area contributed by atoms with Gasteiger partial charge in [0, 0.05) is 32.8 Å². The zero-order valence-electron chi connectivity index (χ0n) is 15.1. The first-order valence-corrected chi connectivity index (χ1v) is 9.41. The Kier molecular flexibility index (Phi) is 4.69. The summed E-state index contributed by atoms with van der Waals surface area (Å²) in [5.74, 6) is 1.85. The van der Waals surface area contributed by atoms with Crippen LogP contribution >= 0.6 is 0 Å². The first kappa shape index (κ1) is 16.9. The molecule has 136 valence electrons. The molecule has 4 rings (SSSR count). The number of methoxy groups -OCH3 is 1. The molecule has 1 aromatic rings. The summed E-state index contributed by atoms with van der Waals surface area (Å²) in [6.45, 7) is 6.41. The number of likely N-dealkylation sites (tertiary alicyclic amines) is 2. The highest BCUT2D eigenvalue weighted by Crippen LogP contribution is 2.41. The Morgan fingerprint density at radius 2 is 2.20 bits per heavy atom. The number of carbonyl (C=O) groups excluding carboxylic acids is 1. The average molecular weight is 344 g/mol. The molecule has 0 N–H and O–H groups in total. The van der Waals surface area contributed by atoms with Gasteiger partial charge < -0.3 is 19.3 Å². The quantitative estimate of drug-likeness (QED) is 0.821. The highest BCUT2D eigenvalue weighted by molar-refractivity contribution is 5.85. The largest absolute Gasteiger partial charge is 0.497 e. The molecule has 0 aliphatic carbocycles. The summed E-state index contributed by atoms with van der Waals surface area (Å²) in [5, 5.41) is 0. The standard InChI is InChI=1S/C20H28N2O3/c1-24-18-4-2-3-16(11-18)13-22-9-7-20(19(22)23)6-8-21(15-20)12-17-5-10-25-14-17/h2-4,11,17H,5-10,12-15H2,1H3/t17-,20+/m1/s1. The average Bonchev–Trinajstić information content (AvgIpc) is 3.35. The summed E-state index contributed by atoms with van der Waals surface area (Å²) < 4.78 is 10.8. The van der Waals surface area contributed by atoms with Crippen molar-refractivity contribution >= 4 is 5.91 Å². The third-order valence-electron chi connectivity index (χ3n) is 6.08. The van der Waals surface area contributed by atoms with Gasteiger partial charge >= 0.3 is 0 Å². The molecule has 3 saturated heterocycles. The van der Waals surface area contributed by atoms with Crippen LogP contribution in [-0.4, -0.2) is 62.2 Å². The van der Waals surface area contributed by atoms with E-state index >= 15 is 0 Å². The minimum absolute atomic E-state index is 0.141. The van der Waals surface area contributed by atoms with Gasteiger partial charge in [0.25, 0.3) is 0 Å². The molecule has 3 aliphatic heterocycles. The van der Waals surface area contributed by atoms with E-state index in [1.165, 1.54) is 6.42 Å². The molecule has 1 amide bonds. The van der Waals surface area contributed by atoms with Crippen LogP contribution in [0.5, 0.6) is 5.75 Å². The van der Waals surface area contributed by atoms with E-state index in [0.29, 0.717) is 18.4 Å².